The smallest absolute Gasteiger partial charge is 0.233 e. The lowest BCUT2D eigenvalue weighted by Gasteiger charge is -2.22. The minimum absolute atomic E-state index is 0.125. The molecule has 0 spiro atoms. The van der Waals surface area contributed by atoms with Crippen LogP contribution in [0.5, 0.6) is 0 Å². The molecule has 1 amide bonds. The molecule has 0 unspecified atom stereocenters. The number of hydrogen-bond donors (Lipinski definition) is 0. The van der Waals surface area contributed by atoms with E-state index in [1.165, 1.54) is 0 Å². The molecular weight excluding hydrogens is 292 g/mol. The average molecular weight is 316 g/mol. The van der Waals surface area contributed by atoms with Crippen molar-refractivity contribution < 1.29 is 4.79 Å². The van der Waals surface area contributed by atoms with Gasteiger partial charge in [-0.2, -0.15) is 0 Å². The molecule has 0 aliphatic carbocycles. The van der Waals surface area contributed by atoms with Crippen LogP contribution in [0.25, 0.3) is 0 Å². The van der Waals surface area contributed by atoms with Crippen LogP contribution in [-0.4, -0.2) is 17.4 Å². The van der Waals surface area contributed by atoms with Crippen LogP contribution >= 0.6 is 11.3 Å². The topological polar surface area (TPSA) is 33.2 Å². The van der Waals surface area contributed by atoms with E-state index in [0.29, 0.717) is 12.3 Å². The summed E-state index contributed by atoms with van der Waals surface area (Å²) in [6.45, 7) is 7.16. The van der Waals surface area contributed by atoms with E-state index in [1.807, 2.05) is 40.6 Å². The first-order valence-corrected chi connectivity index (χ1v) is 8.79. The van der Waals surface area contributed by atoms with Crippen LogP contribution in [0.4, 0.5) is 5.69 Å². The molecule has 2 aromatic rings. The molecular formula is C18H24N2OS. The van der Waals surface area contributed by atoms with Gasteiger partial charge in [0.2, 0.25) is 5.91 Å². The molecule has 0 saturated heterocycles. The Kier molecular flexibility index (Phi) is 6.13. The fourth-order valence-electron chi connectivity index (χ4n) is 2.24. The Morgan fingerprint density at radius 1 is 1.27 bits per heavy atom. The molecule has 1 aromatic carbocycles. The molecule has 0 aliphatic heterocycles. The summed E-state index contributed by atoms with van der Waals surface area (Å²) < 4.78 is 0. The number of aromatic nitrogens is 1. The summed E-state index contributed by atoms with van der Waals surface area (Å²) in [7, 11) is 0. The SMILES string of the molecule is CCCCN(C(=O)Cc1csc(C(C)C)n1)c1ccccc1. The van der Waals surface area contributed by atoms with Gasteiger partial charge in [0, 0.05) is 23.5 Å². The summed E-state index contributed by atoms with van der Waals surface area (Å²) in [6, 6.07) is 9.91. The summed E-state index contributed by atoms with van der Waals surface area (Å²) in [4.78, 5) is 19.2. The van der Waals surface area contributed by atoms with Gasteiger partial charge in [-0.05, 0) is 18.6 Å². The largest absolute Gasteiger partial charge is 0.312 e. The lowest BCUT2D eigenvalue weighted by molar-refractivity contribution is -0.118. The second kappa shape index (κ2) is 8.08. The second-order valence-electron chi connectivity index (χ2n) is 5.74. The van der Waals surface area contributed by atoms with Gasteiger partial charge in [-0.1, -0.05) is 45.4 Å². The first kappa shape index (κ1) is 16.7. The highest BCUT2D eigenvalue weighted by molar-refractivity contribution is 7.09. The maximum absolute atomic E-state index is 12.7. The lowest BCUT2D eigenvalue weighted by atomic mass is 10.2. The third kappa shape index (κ3) is 4.41. The van der Waals surface area contributed by atoms with Crippen LogP contribution < -0.4 is 4.90 Å². The van der Waals surface area contributed by atoms with Crippen molar-refractivity contribution in [1.82, 2.24) is 4.98 Å². The number of amides is 1. The van der Waals surface area contributed by atoms with Gasteiger partial charge in [0.15, 0.2) is 0 Å². The van der Waals surface area contributed by atoms with Crippen LogP contribution in [0, 0.1) is 0 Å². The standard InChI is InChI=1S/C18H24N2OS/c1-4-5-11-20(16-9-7-6-8-10-16)17(21)12-15-13-22-18(19-15)14(2)3/h6-10,13-14H,4-5,11-12H2,1-3H3. The van der Waals surface area contributed by atoms with Crippen molar-refractivity contribution in [2.45, 2.75) is 46.0 Å². The van der Waals surface area contributed by atoms with Gasteiger partial charge >= 0.3 is 0 Å². The maximum atomic E-state index is 12.7. The Balaban J connectivity index is 2.11. The van der Waals surface area contributed by atoms with Crippen LogP contribution in [0.2, 0.25) is 0 Å². The molecule has 0 saturated carbocycles. The molecule has 0 aliphatic rings. The highest BCUT2D eigenvalue weighted by atomic mass is 32.1. The first-order valence-electron chi connectivity index (χ1n) is 7.91. The fourth-order valence-corrected chi connectivity index (χ4v) is 3.08. The van der Waals surface area contributed by atoms with Gasteiger partial charge in [-0.3, -0.25) is 4.79 Å². The maximum Gasteiger partial charge on any atom is 0.233 e. The second-order valence-corrected chi connectivity index (χ2v) is 6.63. The summed E-state index contributed by atoms with van der Waals surface area (Å²) in [5.74, 6) is 0.541. The Bertz CT molecular complexity index is 592. The van der Waals surface area contributed by atoms with Gasteiger partial charge in [0.1, 0.15) is 0 Å². The van der Waals surface area contributed by atoms with Gasteiger partial charge in [0.05, 0.1) is 17.1 Å². The van der Waals surface area contributed by atoms with Crippen molar-refractivity contribution in [3.05, 3.63) is 46.4 Å². The first-order chi connectivity index (χ1) is 10.6. The number of rotatable bonds is 7. The molecule has 2 rings (SSSR count). The Labute approximate surface area is 137 Å². The third-order valence-corrected chi connectivity index (χ3v) is 4.69. The molecule has 118 valence electrons. The lowest BCUT2D eigenvalue weighted by Crippen LogP contribution is -2.33. The van der Waals surface area contributed by atoms with Gasteiger partial charge in [0.25, 0.3) is 0 Å². The van der Waals surface area contributed by atoms with E-state index in [2.05, 4.69) is 25.8 Å². The van der Waals surface area contributed by atoms with Crippen molar-refractivity contribution in [1.29, 1.82) is 0 Å². The van der Waals surface area contributed by atoms with Crippen molar-refractivity contribution in [3.8, 4) is 0 Å². The van der Waals surface area contributed by atoms with E-state index in [1.54, 1.807) is 11.3 Å². The Hall–Kier alpha value is -1.68. The molecule has 3 nitrogen and oxygen atoms in total. The van der Waals surface area contributed by atoms with Gasteiger partial charge in [-0.25, -0.2) is 4.98 Å². The monoisotopic (exact) mass is 316 g/mol. The molecule has 0 fully saturated rings. The molecule has 1 heterocycles. The number of nitrogens with zero attached hydrogens (tertiary/aromatic N) is 2. The summed E-state index contributed by atoms with van der Waals surface area (Å²) >= 11 is 1.64. The molecule has 0 atom stereocenters. The Morgan fingerprint density at radius 2 is 2.00 bits per heavy atom. The average Bonchev–Trinajstić information content (AvgIpc) is 2.97. The van der Waals surface area contributed by atoms with Crippen molar-refractivity contribution in [2.75, 3.05) is 11.4 Å². The zero-order valence-electron chi connectivity index (χ0n) is 13.6. The molecule has 0 bridgehead atoms. The van der Waals surface area contributed by atoms with E-state index in [9.17, 15) is 4.79 Å². The number of unbranched alkanes of at least 4 members (excludes halogenated alkanes) is 1. The van der Waals surface area contributed by atoms with Crippen molar-refractivity contribution in [2.24, 2.45) is 0 Å². The highest BCUT2D eigenvalue weighted by Gasteiger charge is 2.17. The molecule has 0 radical (unpaired) electrons. The van der Waals surface area contributed by atoms with Crippen molar-refractivity contribution in [3.63, 3.8) is 0 Å². The zero-order chi connectivity index (χ0) is 15.9. The summed E-state index contributed by atoms with van der Waals surface area (Å²) in [5.41, 5.74) is 1.86. The van der Waals surface area contributed by atoms with E-state index >= 15 is 0 Å². The van der Waals surface area contributed by atoms with E-state index < -0.39 is 0 Å². The van der Waals surface area contributed by atoms with Crippen molar-refractivity contribution >= 4 is 22.9 Å². The number of anilines is 1. The van der Waals surface area contributed by atoms with Crippen LogP contribution in [0.3, 0.4) is 0 Å². The molecule has 1 aromatic heterocycles. The predicted molar refractivity (Wildman–Crippen MR) is 93.6 cm³/mol. The number of carbonyl (C=O) groups is 1. The predicted octanol–water partition coefficient (Wildman–Crippen LogP) is 4.64. The minimum atomic E-state index is 0.125. The number of benzene rings is 1. The molecule has 0 N–H and O–H groups in total. The third-order valence-electron chi connectivity index (χ3n) is 3.50. The summed E-state index contributed by atoms with van der Waals surface area (Å²) in [5, 5.41) is 3.11. The summed E-state index contributed by atoms with van der Waals surface area (Å²) in [6.07, 6.45) is 2.46. The molecule has 4 heteroatoms. The van der Waals surface area contributed by atoms with E-state index in [-0.39, 0.29) is 5.91 Å². The highest BCUT2D eigenvalue weighted by Crippen LogP contribution is 2.21. The van der Waals surface area contributed by atoms with Gasteiger partial charge in [-0.15, -0.1) is 11.3 Å². The van der Waals surface area contributed by atoms with Crippen LogP contribution in [-0.2, 0) is 11.2 Å². The normalized spacial score (nSPS) is 10.9. The Morgan fingerprint density at radius 3 is 2.59 bits per heavy atom. The zero-order valence-corrected chi connectivity index (χ0v) is 14.4. The minimum Gasteiger partial charge on any atom is -0.312 e. The van der Waals surface area contributed by atoms with Gasteiger partial charge < -0.3 is 4.90 Å². The van der Waals surface area contributed by atoms with Crippen LogP contribution in [0.15, 0.2) is 35.7 Å². The number of hydrogen-bond acceptors (Lipinski definition) is 3. The fraction of sp³-hybridized carbons (Fsp3) is 0.444. The van der Waals surface area contributed by atoms with E-state index in [0.717, 1.165) is 35.8 Å². The van der Waals surface area contributed by atoms with E-state index in [4.69, 9.17) is 0 Å². The number of thiazole rings is 1. The number of para-hydroxylation sites is 1. The number of carbonyl (C=O) groups excluding carboxylic acids is 1. The molecule has 22 heavy (non-hydrogen) atoms. The quantitative estimate of drug-likeness (QED) is 0.745. The van der Waals surface area contributed by atoms with Crippen LogP contribution in [0.1, 0.15) is 50.2 Å².